The summed E-state index contributed by atoms with van der Waals surface area (Å²) in [7, 11) is 0. The van der Waals surface area contributed by atoms with Gasteiger partial charge in [0.1, 0.15) is 5.56 Å². The molecule has 0 unspecified atom stereocenters. The van der Waals surface area contributed by atoms with Crippen LogP contribution in [0.1, 0.15) is 37.0 Å². The zero-order valence-electron chi connectivity index (χ0n) is 10.2. The van der Waals surface area contributed by atoms with Crippen LogP contribution in [0.3, 0.4) is 0 Å². The third-order valence-electron chi connectivity index (χ3n) is 2.12. The fourth-order valence-electron chi connectivity index (χ4n) is 1.36. The molecule has 0 spiro atoms. The minimum absolute atomic E-state index is 0.145. The summed E-state index contributed by atoms with van der Waals surface area (Å²) < 4.78 is 11.0. The standard InChI is InChI=1S/C13H18O4/c1-3-8-16-11-7-5-6-10(13(14)15)12(11)17-9-4-2/h5-7H,3-4,8-9H2,1-2H3,(H,14,15). The van der Waals surface area contributed by atoms with Crippen LogP contribution >= 0.6 is 0 Å². The number of ether oxygens (including phenoxy) is 2. The summed E-state index contributed by atoms with van der Waals surface area (Å²) in [5.41, 5.74) is 0.145. The first kappa shape index (κ1) is 13.4. The van der Waals surface area contributed by atoms with E-state index in [0.717, 1.165) is 12.8 Å². The van der Waals surface area contributed by atoms with Crippen LogP contribution < -0.4 is 9.47 Å². The summed E-state index contributed by atoms with van der Waals surface area (Å²) in [5.74, 6) is -0.173. The van der Waals surface area contributed by atoms with E-state index in [9.17, 15) is 4.79 Å². The van der Waals surface area contributed by atoms with Crippen molar-refractivity contribution in [3.8, 4) is 11.5 Å². The fraction of sp³-hybridized carbons (Fsp3) is 0.462. The first-order valence-electron chi connectivity index (χ1n) is 5.82. The summed E-state index contributed by atoms with van der Waals surface area (Å²) >= 11 is 0. The summed E-state index contributed by atoms with van der Waals surface area (Å²) in [6, 6.07) is 4.91. The van der Waals surface area contributed by atoms with Crippen LogP contribution in [0.15, 0.2) is 18.2 Å². The van der Waals surface area contributed by atoms with Crippen LogP contribution in [0.25, 0.3) is 0 Å². The van der Waals surface area contributed by atoms with Crippen LogP contribution in [-0.4, -0.2) is 24.3 Å². The van der Waals surface area contributed by atoms with Gasteiger partial charge in [0, 0.05) is 0 Å². The molecule has 0 heterocycles. The Morgan fingerprint density at radius 2 is 1.82 bits per heavy atom. The van der Waals surface area contributed by atoms with Gasteiger partial charge in [-0.2, -0.15) is 0 Å². The van der Waals surface area contributed by atoms with E-state index in [1.807, 2.05) is 13.8 Å². The van der Waals surface area contributed by atoms with Crippen molar-refractivity contribution in [2.75, 3.05) is 13.2 Å². The molecule has 94 valence electrons. The molecule has 0 amide bonds. The van der Waals surface area contributed by atoms with Crippen molar-refractivity contribution in [2.24, 2.45) is 0 Å². The molecule has 0 saturated carbocycles. The molecule has 4 heteroatoms. The Balaban J connectivity index is 3.00. The highest BCUT2D eigenvalue weighted by molar-refractivity contribution is 5.92. The molecule has 0 saturated heterocycles. The lowest BCUT2D eigenvalue weighted by molar-refractivity contribution is 0.0691. The largest absolute Gasteiger partial charge is 0.490 e. The Morgan fingerprint density at radius 3 is 2.41 bits per heavy atom. The number of rotatable bonds is 7. The monoisotopic (exact) mass is 238 g/mol. The van der Waals surface area contributed by atoms with E-state index in [-0.39, 0.29) is 5.56 Å². The number of hydrogen-bond donors (Lipinski definition) is 1. The van der Waals surface area contributed by atoms with E-state index in [4.69, 9.17) is 14.6 Å². The first-order valence-corrected chi connectivity index (χ1v) is 5.82. The van der Waals surface area contributed by atoms with Crippen LogP contribution in [0, 0.1) is 0 Å². The van der Waals surface area contributed by atoms with Crippen molar-refractivity contribution < 1.29 is 19.4 Å². The second-order valence-corrected chi connectivity index (χ2v) is 3.63. The Bertz CT molecular complexity index is 374. The van der Waals surface area contributed by atoms with Crippen LogP contribution in [0.2, 0.25) is 0 Å². The van der Waals surface area contributed by atoms with Gasteiger partial charge in [-0.05, 0) is 25.0 Å². The molecule has 0 aliphatic rings. The fourth-order valence-corrected chi connectivity index (χ4v) is 1.36. The first-order chi connectivity index (χ1) is 8.20. The lowest BCUT2D eigenvalue weighted by Crippen LogP contribution is -2.07. The summed E-state index contributed by atoms with van der Waals surface area (Å²) in [6.45, 7) is 4.99. The molecular weight excluding hydrogens is 220 g/mol. The van der Waals surface area contributed by atoms with Gasteiger partial charge >= 0.3 is 5.97 Å². The smallest absolute Gasteiger partial charge is 0.339 e. The van der Waals surface area contributed by atoms with Crippen molar-refractivity contribution >= 4 is 5.97 Å². The summed E-state index contributed by atoms with van der Waals surface area (Å²) in [5, 5.41) is 9.08. The van der Waals surface area contributed by atoms with Crippen LogP contribution in [0.4, 0.5) is 0 Å². The van der Waals surface area contributed by atoms with Crippen molar-refractivity contribution in [1.82, 2.24) is 0 Å². The van der Waals surface area contributed by atoms with Gasteiger partial charge < -0.3 is 14.6 Å². The van der Waals surface area contributed by atoms with Crippen molar-refractivity contribution in [3.63, 3.8) is 0 Å². The van der Waals surface area contributed by atoms with Crippen LogP contribution in [0.5, 0.6) is 11.5 Å². The Kier molecular flexibility index (Phi) is 5.33. The lowest BCUT2D eigenvalue weighted by atomic mass is 10.2. The van der Waals surface area contributed by atoms with Crippen molar-refractivity contribution in [3.05, 3.63) is 23.8 Å². The molecule has 0 aromatic heterocycles. The molecule has 0 radical (unpaired) electrons. The lowest BCUT2D eigenvalue weighted by Gasteiger charge is -2.13. The van der Waals surface area contributed by atoms with E-state index in [1.165, 1.54) is 6.07 Å². The predicted octanol–water partition coefficient (Wildman–Crippen LogP) is 2.96. The highest BCUT2D eigenvalue weighted by Crippen LogP contribution is 2.31. The SMILES string of the molecule is CCCOc1cccc(C(=O)O)c1OCCC. The molecule has 0 bridgehead atoms. The number of para-hydroxylation sites is 1. The van der Waals surface area contributed by atoms with E-state index < -0.39 is 5.97 Å². The molecule has 0 fully saturated rings. The molecule has 17 heavy (non-hydrogen) atoms. The predicted molar refractivity (Wildman–Crippen MR) is 65.0 cm³/mol. The number of aromatic carboxylic acids is 1. The zero-order chi connectivity index (χ0) is 12.7. The maximum absolute atomic E-state index is 11.1. The van der Waals surface area contributed by atoms with Gasteiger partial charge in [0.05, 0.1) is 13.2 Å². The second-order valence-electron chi connectivity index (χ2n) is 3.63. The topological polar surface area (TPSA) is 55.8 Å². The molecule has 0 aliphatic heterocycles. The Labute approximate surface area is 101 Å². The van der Waals surface area contributed by atoms with Gasteiger partial charge in [-0.25, -0.2) is 4.79 Å². The molecule has 1 N–H and O–H groups in total. The molecule has 4 nitrogen and oxygen atoms in total. The maximum Gasteiger partial charge on any atom is 0.339 e. The Morgan fingerprint density at radius 1 is 1.18 bits per heavy atom. The van der Waals surface area contributed by atoms with Gasteiger partial charge in [-0.1, -0.05) is 19.9 Å². The summed E-state index contributed by atoms with van der Waals surface area (Å²) in [4.78, 5) is 11.1. The third kappa shape index (κ3) is 3.66. The molecule has 0 aliphatic carbocycles. The van der Waals surface area contributed by atoms with E-state index >= 15 is 0 Å². The molecule has 0 atom stereocenters. The van der Waals surface area contributed by atoms with Crippen molar-refractivity contribution in [2.45, 2.75) is 26.7 Å². The minimum Gasteiger partial charge on any atom is -0.490 e. The van der Waals surface area contributed by atoms with Gasteiger partial charge in [0.2, 0.25) is 0 Å². The summed E-state index contributed by atoms with van der Waals surface area (Å²) in [6.07, 6.45) is 1.69. The second kappa shape index (κ2) is 6.78. The van der Waals surface area contributed by atoms with E-state index in [0.29, 0.717) is 24.7 Å². The molecular formula is C13H18O4. The number of hydrogen-bond acceptors (Lipinski definition) is 3. The van der Waals surface area contributed by atoms with Gasteiger partial charge in [-0.3, -0.25) is 0 Å². The molecule has 1 aromatic rings. The van der Waals surface area contributed by atoms with Gasteiger partial charge in [0.25, 0.3) is 0 Å². The number of carboxylic acids is 1. The average Bonchev–Trinajstić information content (AvgIpc) is 2.33. The van der Waals surface area contributed by atoms with Crippen LogP contribution in [-0.2, 0) is 0 Å². The number of carbonyl (C=O) groups is 1. The maximum atomic E-state index is 11.1. The van der Waals surface area contributed by atoms with Gasteiger partial charge in [-0.15, -0.1) is 0 Å². The third-order valence-corrected chi connectivity index (χ3v) is 2.12. The molecule has 1 rings (SSSR count). The highest BCUT2D eigenvalue weighted by Gasteiger charge is 2.16. The van der Waals surface area contributed by atoms with E-state index in [1.54, 1.807) is 12.1 Å². The normalized spacial score (nSPS) is 10.0. The minimum atomic E-state index is -1.00. The van der Waals surface area contributed by atoms with E-state index in [2.05, 4.69) is 0 Å². The van der Waals surface area contributed by atoms with Gasteiger partial charge in [0.15, 0.2) is 11.5 Å². The number of benzene rings is 1. The quantitative estimate of drug-likeness (QED) is 0.793. The zero-order valence-corrected chi connectivity index (χ0v) is 10.2. The highest BCUT2D eigenvalue weighted by atomic mass is 16.5. The molecule has 1 aromatic carbocycles. The Hall–Kier alpha value is -1.71. The van der Waals surface area contributed by atoms with Crippen molar-refractivity contribution in [1.29, 1.82) is 0 Å². The average molecular weight is 238 g/mol. The number of carboxylic acid groups (broad SMARTS) is 1.